The van der Waals surface area contributed by atoms with Gasteiger partial charge in [-0.2, -0.15) is 0 Å². The molecule has 2 aliphatic rings. The number of aliphatic hydroxyl groups excluding tert-OH is 1. The van der Waals surface area contributed by atoms with Crippen molar-refractivity contribution < 1.29 is 9.90 Å². The molecule has 1 amide bonds. The Kier molecular flexibility index (Phi) is 5.77. The number of amides is 1. The highest BCUT2D eigenvalue weighted by Crippen LogP contribution is 2.35. The topological polar surface area (TPSA) is 43.8 Å². The van der Waals surface area contributed by atoms with Crippen LogP contribution >= 0.6 is 0 Å². The van der Waals surface area contributed by atoms with E-state index >= 15 is 0 Å². The van der Waals surface area contributed by atoms with Gasteiger partial charge >= 0.3 is 0 Å². The van der Waals surface area contributed by atoms with E-state index in [0.717, 1.165) is 30.3 Å². The molecule has 0 spiro atoms. The van der Waals surface area contributed by atoms with Gasteiger partial charge in [0.2, 0.25) is 0 Å². The molecule has 1 heterocycles. The number of hydrogen-bond donors (Lipinski definition) is 1. The van der Waals surface area contributed by atoms with E-state index in [4.69, 9.17) is 5.11 Å². The normalized spacial score (nSPS) is 21.9. The highest BCUT2D eigenvalue weighted by Gasteiger charge is 2.32. The van der Waals surface area contributed by atoms with Gasteiger partial charge in [-0.15, -0.1) is 0 Å². The largest absolute Gasteiger partial charge is 0.395 e. The molecule has 1 atom stereocenters. The summed E-state index contributed by atoms with van der Waals surface area (Å²) in [6.07, 6.45) is 8.03. The van der Waals surface area contributed by atoms with Crippen molar-refractivity contribution in [1.82, 2.24) is 4.90 Å². The zero-order valence-corrected chi connectivity index (χ0v) is 14.8. The maximum Gasteiger partial charge on any atom is 0.253 e. The minimum absolute atomic E-state index is 0.132. The van der Waals surface area contributed by atoms with Crippen molar-refractivity contribution >= 4 is 11.6 Å². The van der Waals surface area contributed by atoms with Crippen LogP contribution in [0.3, 0.4) is 0 Å². The fourth-order valence-corrected chi connectivity index (χ4v) is 4.28. The molecular weight excluding hydrogens is 300 g/mol. The van der Waals surface area contributed by atoms with E-state index in [1.165, 1.54) is 38.5 Å². The van der Waals surface area contributed by atoms with E-state index in [2.05, 4.69) is 0 Å². The van der Waals surface area contributed by atoms with Gasteiger partial charge in [0, 0.05) is 37.9 Å². The third kappa shape index (κ3) is 3.92. The molecule has 1 aromatic rings. The molecular formula is C20H30N2O2. The zero-order chi connectivity index (χ0) is 16.9. The first kappa shape index (κ1) is 17.3. The molecule has 4 heteroatoms. The predicted octanol–water partition coefficient (Wildman–Crippen LogP) is 3.16. The molecule has 3 rings (SSSR count). The highest BCUT2D eigenvalue weighted by atomic mass is 16.3. The molecule has 132 valence electrons. The second-order valence-electron chi connectivity index (χ2n) is 7.39. The van der Waals surface area contributed by atoms with Crippen molar-refractivity contribution in [1.29, 1.82) is 0 Å². The molecule has 1 N–H and O–H groups in total. The summed E-state index contributed by atoms with van der Waals surface area (Å²) in [4.78, 5) is 16.8. The first-order chi connectivity index (χ1) is 11.7. The fourth-order valence-electron chi connectivity index (χ4n) is 4.28. The Morgan fingerprint density at radius 3 is 2.50 bits per heavy atom. The number of nitrogens with zero attached hydrogens (tertiary/aromatic N) is 2. The van der Waals surface area contributed by atoms with E-state index in [1.54, 1.807) is 0 Å². The van der Waals surface area contributed by atoms with Crippen LogP contribution in [0.2, 0.25) is 0 Å². The second kappa shape index (κ2) is 8.02. The SMILES string of the molecule is CN(CCO)c1ccc(C(=O)N2CCC(C3CCCCC3)C2)cc1. The van der Waals surface area contributed by atoms with E-state index < -0.39 is 0 Å². The van der Waals surface area contributed by atoms with Crippen LogP contribution in [-0.4, -0.2) is 49.2 Å². The number of carbonyl (C=O) groups excluding carboxylic acids is 1. The summed E-state index contributed by atoms with van der Waals surface area (Å²) >= 11 is 0. The standard InChI is InChI=1S/C20H30N2O2/c1-21(13-14-23)19-9-7-17(8-10-19)20(24)22-12-11-18(15-22)16-5-3-2-4-6-16/h7-10,16,18,23H,2-6,11-15H2,1H3. The molecule has 0 bridgehead atoms. The van der Waals surface area contributed by atoms with Crippen LogP contribution in [0.15, 0.2) is 24.3 Å². The summed E-state index contributed by atoms with van der Waals surface area (Å²) < 4.78 is 0. The minimum Gasteiger partial charge on any atom is -0.395 e. The van der Waals surface area contributed by atoms with Crippen molar-refractivity contribution in [2.75, 3.05) is 38.2 Å². The number of carbonyl (C=O) groups is 1. The maximum absolute atomic E-state index is 12.8. The Labute approximate surface area is 145 Å². The van der Waals surface area contributed by atoms with Gasteiger partial charge in [-0.25, -0.2) is 0 Å². The lowest BCUT2D eigenvalue weighted by Gasteiger charge is -2.27. The summed E-state index contributed by atoms with van der Waals surface area (Å²) in [5.74, 6) is 1.72. The average Bonchev–Trinajstić information content (AvgIpc) is 3.12. The van der Waals surface area contributed by atoms with Crippen LogP contribution in [0.5, 0.6) is 0 Å². The van der Waals surface area contributed by atoms with Gasteiger partial charge in [0.1, 0.15) is 0 Å². The number of benzene rings is 1. The summed E-state index contributed by atoms with van der Waals surface area (Å²) in [6.45, 7) is 2.58. The molecule has 4 nitrogen and oxygen atoms in total. The molecule has 1 saturated carbocycles. The van der Waals surface area contributed by atoms with Gasteiger partial charge in [0.15, 0.2) is 0 Å². The van der Waals surface area contributed by atoms with Crippen LogP contribution < -0.4 is 4.90 Å². The van der Waals surface area contributed by atoms with Crippen LogP contribution in [0.25, 0.3) is 0 Å². The molecule has 2 fully saturated rings. The van der Waals surface area contributed by atoms with Crippen molar-refractivity contribution in [3.05, 3.63) is 29.8 Å². The smallest absolute Gasteiger partial charge is 0.253 e. The molecule has 0 radical (unpaired) electrons. The predicted molar refractivity (Wildman–Crippen MR) is 97.4 cm³/mol. The first-order valence-corrected chi connectivity index (χ1v) is 9.40. The highest BCUT2D eigenvalue weighted by molar-refractivity contribution is 5.94. The minimum atomic E-state index is 0.132. The van der Waals surface area contributed by atoms with Crippen molar-refractivity contribution in [3.8, 4) is 0 Å². The lowest BCUT2D eigenvalue weighted by molar-refractivity contribution is 0.0779. The Balaban J connectivity index is 1.58. The number of hydrogen-bond acceptors (Lipinski definition) is 3. The molecule has 1 unspecified atom stereocenters. The number of anilines is 1. The first-order valence-electron chi connectivity index (χ1n) is 9.40. The Morgan fingerprint density at radius 2 is 1.83 bits per heavy atom. The van der Waals surface area contributed by atoms with E-state index in [-0.39, 0.29) is 12.5 Å². The zero-order valence-electron chi connectivity index (χ0n) is 14.8. The Bertz CT molecular complexity index is 537. The molecule has 1 aliphatic carbocycles. The summed E-state index contributed by atoms with van der Waals surface area (Å²) in [5, 5.41) is 9.01. The Morgan fingerprint density at radius 1 is 1.12 bits per heavy atom. The van der Waals surface area contributed by atoms with Crippen LogP contribution in [0.4, 0.5) is 5.69 Å². The molecule has 1 aromatic carbocycles. The number of aliphatic hydroxyl groups is 1. The number of likely N-dealkylation sites (N-methyl/N-ethyl adjacent to an activating group) is 1. The van der Waals surface area contributed by atoms with Gasteiger partial charge in [-0.1, -0.05) is 32.1 Å². The van der Waals surface area contributed by atoms with Crippen LogP contribution in [0, 0.1) is 11.8 Å². The van der Waals surface area contributed by atoms with Crippen molar-refractivity contribution in [3.63, 3.8) is 0 Å². The van der Waals surface area contributed by atoms with Gasteiger partial charge in [0.25, 0.3) is 5.91 Å². The van der Waals surface area contributed by atoms with Gasteiger partial charge in [-0.3, -0.25) is 4.79 Å². The lowest BCUT2D eigenvalue weighted by Crippen LogP contribution is -2.30. The number of rotatable bonds is 5. The average molecular weight is 330 g/mol. The third-order valence-electron chi connectivity index (χ3n) is 5.82. The summed E-state index contributed by atoms with van der Waals surface area (Å²) in [7, 11) is 1.95. The third-order valence-corrected chi connectivity index (χ3v) is 5.82. The number of likely N-dealkylation sites (tertiary alicyclic amines) is 1. The molecule has 1 saturated heterocycles. The fraction of sp³-hybridized carbons (Fsp3) is 0.650. The second-order valence-corrected chi connectivity index (χ2v) is 7.39. The van der Waals surface area contributed by atoms with Gasteiger partial charge < -0.3 is 14.9 Å². The quantitative estimate of drug-likeness (QED) is 0.902. The van der Waals surface area contributed by atoms with E-state index in [9.17, 15) is 4.79 Å². The van der Waals surface area contributed by atoms with Crippen molar-refractivity contribution in [2.45, 2.75) is 38.5 Å². The van der Waals surface area contributed by atoms with E-state index in [0.29, 0.717) is 12.5 Å². The summed E-state index contributed by atoms with van der Waals surface area (Å²) in [5.41, 5.74) is 1.81. The van der Waals surface area contributed by atoms with Gasteiger partial charge in [0.05, 0.1) is 6.61 Å². The Hall–Kier alpha value is -1.55. The monoisotopic (exact) mass is 330 g/mol. The summed E-state index contributed by atoms with van der Waals surface area (Å²) in [6, 6.07) is 7.77. The molecule has 0 aromatic heterocycles. The lowest BCUT2D eigenvalue weighted by atomic mass is 9.80. The van der Waals surface area contributed by atoms with Crippen molar-refractivity contribution in [2.24, 2.45) is 11.8 Å². The molecule has 1 aliphatic heterocycles. The maximum atomic E-state index is 12.8. The van der Waals surface area contributed by atoms with Gasteiger partial charge in [-0.05, 0) is 42.5 Å². The van der Waals surface area contributed by atoms with Crippen LogP contribution in [0.1, 0.15) is 48.9 Å². The van der Waals surface area contributed by atoms with E-state index in [1.807, 2.05) is 41.1 Å². The molecule has 24 heavy (non-hydrogen) atoms. The van der Waals surface area contributed by atoms with Crippen LogP contribution in [-0.2, 0) is 0 Å².